The normalized spacial score (nSPS) is 11.0. The Morgan fingerprint density at radius 3 is 2.67 bits per heavy atom. The maximum absolute atomic E-state index is 11.8. The molecule has 0 aromatic carbocycles. The Morgan fingerprint density at radius 1 is 1.43 bits per heavy atom. The molecule has 2 aromatic rings. The molecule has 110 valence electrons. The van der Waals surface area contributed by atoms with Gasteiger partial charge in [-0.3, -0.25) is 14.6 Å². The molecule has 0 unspecified atom stereocenters. The summed E-state index contributed by atoms with van der Waals surface area (Å²) in [5, 5.41) is 21.4. The summed E-state index contributed by atoms with van der Waals surface area (Å²) in [5.74, 6) is -1.39. The Bertz CT molecular complexity index is 726. The van der Waals surface area contributed by atoms with Crippen LogP contribution in [0.2, 0.25) is 0 Å². The van der Waals surface area contributed by atoms with Crippen molar-refractivity contribution < 1.29 is 14.7 Å². The number of carboxylic acid groups (broad SMARTS) is 1. The van der Waals surface area contributed by atoms with E-state index < -0.39 is 11.9 Å². The van der Waals surface area contributed by atoms with E-state index in [1.807, 2.05) is 20.9 Å². The number of aromatic nitrogens is 4. The van der Waals surface area contributed by atoms with Crippen LogP contribution in [0.4, 0.5) is 5.82 Å². The molecule has 0 spiro atoms. The van der Waals surface area contributed by atoms with Crippen LogP contribution in [0.15, 0.2) is 12.1 Å². The summed E-state index contributed by atoms with van der Waals surface area (Å²) in [6, 6.07) is 1.24. The van der Waals surface area contributed by atoms with Gasteiger partial charge in [0.15, 0.2) is 5.82 Å². The summed E-state index contributed by atoms with van der Waals surface area (Å²) in [7, 11) is 1.83. The van der Waals surface area contributed by atoms with Gasteiger partial charge >= 0.3 is 5.97 Å². The van der Waals surface area contributed by atoms with Crippen molar-refractivity contribution in [2.45, 2.75) is 13.8 Å². The van der Waals surface area contributed by atoms with Crippen molar-refractivity contribution in [3.8, 4) is 0 Å². The minimum atomic E-state index is -1.14. The van der Waals surface area contributed by atoms with E-state index in [4.69, 9.17) is 5.11 Å². The average Bonchev–Trinajstić information content (AvgIpc) is 2.95. The van der Waals surface area contributed by atoms with Crippen LogP contribution < -0.4 is 5.32 Å². The van der Waals surface area contributed by atoms with E-state index in [2.05, 4.69) is 20.6 Å². The monoisotopic (exact) mass is 289 g/mol. The van der Waals surface area contributed by atoms with Crippen molar-refractivity contribution >= 4 is 23.8 Å². The molecule has 0 bridgehead atoms. The number of nitrogens with zero attached hydrogens (tertiary/aromatic N) is 3. The van der Waals surface area contributed by atoms with E-state index in [1.165, 1.54) is 12.1 Å². The van der Waals surface area contributed by atoms with Gasteiger partial charge in [-0.2, -0.15) is 10.2 Å². The first-order valence-electron chi connectivity index (χ1n) is 6.16. The van der Waals surface area contributed by atoms with E-state index in [1.54, 1.807) is 10.8 Å². The van der Waals surface area contributed by atoms with Gasteiger partial charge in [0.25, 0.3) is 0 Å². The van der Waals surface area contributed by atoms with Gasteiger partial charge in [-0.15, -0.1) is 0 Å². The lowest BCUT2D eigenvalue weighted by molar-refractivity contribution is -0.111. The highest BCUT2D eigenvalue weighted by atomic mass is 16.4. The Hall–Kier alpha value is -2.90. The van der Waals surface area contributed by atoms with Crippen molar-refractivity contribution in [1.82, 2.24) is 20.0 Å². The number of carboxylic acids is 1. The van der Waals surface area contributed by atoms with Crippen molar-refractivity contribution in [1.29, 1.82) is 0 Å². The zero-order valence-electron chi connectivity index (χ0n) is 11.8. The largest absolute Gasteiger partial charge is 0.477 e. The number of aromatic carboxylic acids is 1. The number of amides is 1. The molecule has 0 radical (unpaired) electrons. The summed E-state index contributed by atoms with van der Waals surface area (Å²) >= 11 is 0. The van der Waals surface area contributed by atoms with E-state index in [-0.39, 0.29) is 11.5 Å². The number of hydrogen-bond acceptors (Lipinski definition) is 4. The quantitative estimate of drug-likeness (QED) is 0.730. The first-order valence-corrected chi connectivity index (χ1v) is 6.16. The minimum absolute atomic E-state index is 0.0896. The SMILES string of the molecule is Cc1nn(C)c(C)c1C=CC(=O)Nc1cc(C(=O)O)[nH]n1. The van der Waals surface area contributed by atoms with Crippen molar-refractivity contribution in [2.24, 2.45) is 7.05 Å². The zero-order valence-corrected chi connectivity index (χ0v) is 11.8. The predicted molar refractivity (Wildman–Crippen MR) is 75.9 cm³/mol. The molecule has 2 aromatic heterocycles. The number of H-pyrrole nitrogens is 1. The number of hydrogen-bond donors (Lipinski definition) is 3. The molecular formula is C13H15N5O3. The van der Waals surface area contributed by atoms with Crippen LogP contribution in [-0.2, 0) is 11.8 Å². The highest BCUT2D eigenvalue weighted by Gasteiger charge is 2.10. The second-order valence-electron chi connectivity index (χ2n) is 4.50. The van der Waals surface area contributed by atoms with Crippen molar-refractivity contribution in [3.63, 3.8) is 0 Å². The van der Waals surface area contributed by atoms with Gasteiger partial charge in [0, 0.05) is 30.4 Å². The Labute approximate surface area is 120 Å². The topological polar surface area (TPSA) is 113 Å². The van der Waals surface area contributed by atoms with Crippen LogP contribution >= 0.6 is 0 Å². The number of carbonyl (C=O) groups is 2. The first kappa shape index (κ1) is 14.5. The lowest BCUT2D eigenvalue weighted by Crippen LogP contribution is -2.08. The van der Waals surface area contributed by atoms with Crippen molar-refractivity contribution in [2.75, 3.05) is 5.32 Å². The second-order valence-corrected chi connectivity index (χ2v) is 4.50. The maximum Gasteiger partial charge on any atom is 0.353 e. The highest BCUT2D eigenvalue weighted by Crippen LogP contribution is 2.13. The van der Waals surface area contributed by atoms with E-state index in [0.29, 0.717) is 0 Å². The number of nitrogens with one attached hydrogen (secondary N) is 2. The molecule has 3 N–H and O–H groups in total. The average molecular weight is 289 g/mol. The first-order chi connectivity index (χ1) is 9.88. The van der Waals surface area contributed by atoms with E-state index >= 15 is 0 Å². The molecule has 2 heterocycles. The summed E-state index contributed by atoms with van der Waals surface area (Å²) in [6.07, 6.45) is 3.02. The number of anilines is 1. The van der Waals surface area contributed by atoms with Gasteiger partial charge in [-0.25, -0.2) is 4.79 Å². The standard InChI is InChI=1S/C13H15N5O3/c1-7-9(8(2)18(3)17-7)4-5-12(19)14-11-6-10(13(20)21)15-16-11/h4-6H,1-3H3,(H,20,21)(H2,14,15,16,19). The predicted octanol–water partition coefficient (Wildman–Crippen LogP) is 1.11. The number of aromatic amines is 1. The smallest absolute Gasteiger partial charge is 0.353 e. The van der Waals surface area contributed by atoms with Gasteiger partial charge in [-0.1, -0.05) is 0 Å². The van der Waals surface area contributed by atoms with Gasteiger partial charge < -0.3 is 10.4 Å². The lowest BCUT2D eigenvalue weighted by Gasteiger charge is -1.96. The van der Waals surface area contributed by atoms with Crippen LogP contribution in [0.5, 0.6) is 0 Å². The molecule has 0 atom stereocenters. The fourth-order valence-corrected chi connectivity index (χ4v) is 1.85. The molecule has 2 rings (SSSR count). The molecule has 0 aliphatic rings. The fourth-order valence-electron chi connectivity index (χ4n) is 1.85. The van der Waals surface area contributed by atoms with Gasteiger partial charge in [0.2, 0.25) is 5.91 Å². The Kier molecular flexibility index (Phi) is 3.88. The van der Waals surface area contributed by atoms with Crippen molar-refractivity contribution in [3.05, 3.63) is 34.8 Å². The van der Waals surface area contributed by atoms with Crippen LogP contribution in [-0.4, -0.2) is 37.0 Å². The molecular weight excluding hydrogens is 274 g/mol. The van der Waals surface area contributed by atoms with Crippen LogP contribution in [0.1, 0.15) is 27.4 Å². The van der Waals surface area contributed by atoms with E-state index in [0.717, 1.165) is 17.0 Å². The summed E-state index contributed by atoms with van der Waals surface area (Å²) in [4.78, 5) is 22.4. The highest BCUT2D eigenvalue weighted by molar-refractivity contribution is 6.02. The molecule has 1 amide bonds. The minimum Gasteiger partial charge on any atom is -0.477 e. The number of aryl methyl sites for hydroxylation is 2. The number of carbonyl (C=O) groups excluding carboxylic acids is 1. The van der Waals surface area contributed by atoms with E-state index in [9.17, 15) is 9.59 Å². The third-order valence-electron chi connectivity index (χ3n) is 3.03. The summed E-state index contributed by atoms with van der Waals surface area (Å²) in [5.41, 5.74) is 2.56. The van der Waals surface area contributed by atoms with Crippen LogP contribution in [0.25, 0.3) is 6.08 Å². The molecule has 8 heteroatoms. The van der Waals surface area contributed by atoms with Gasteiger partial charge in [0.05, 0.1) is 5.69 Å². The Morgan fingerprint density at radius 2 is 2.14 bits per heavy atom. The van der Waals surface area contributed by atoms with Gasteiger partial charge in [0.1, 0.15) is 5.69 Å². The molecule has 0 saturated heterocycles. The molecule has 0 aliphatic carbocycles. The molecule has 0 saturated carbocycles. The van der Waals surface area contributed by atoms with Gasteiger partial charge in [-0.05, 0) is 19.9 Å². The van der Waals surface area contributed by atoms with Crippen LogP contribution in [0, 0.1) is 13.8 Å². The second kappa shape index (κ2) is 5.61. The molecule has 0 fully saturated rings. The molecule has 0 aliphatic heterocycles. The Balaban J connectivity index is 2.07. The third-order valence-corrected chi connectivity index (χ3v) is 3.03. The zero-order chi connectivity index (χ0) is 15.6. The molecule has 21 heavy (non-hydrogen) atoms. The number of rotatable bonds is 4. The summed E-state index contributed by atoms with van der Waals surface area (Å²) in [6.45, 7) is 3.77. The van der Waals surface area contributed by atoms with Crippen LogP contribution in [0.3, 0.4) is 0 Å². The third kappa shape index (κ3) is 3.16. The maximum atomic E-state index is 11.8. The lowest BCUT2D eigenvalue weighted by atomic mass is 10.2. The fraction of sp³-hybridized carbons (Fsp3) is 0.231. The molecule has 8 nitrogen and oxygen atoms in total. The summed E-state index contributed by atoms with van der Waals surface area (Å²) < 4.78 is 1.74.